The van der Waals surface area contributed by atoms with E-state index in [4.69, 9.17) is 0 Å². The average molecular weight is 390 g/mol. The minimum atomic E-state index is -4.27. The second kappa shape index (κ2) is 6.88. The summed E-state index contributed by atoms with van der Waals surface area (Å²) in [6.45, 7) is 4.63. The molecule has 1 saturated carbocycles. The first-order valence-corrected chi connectivity index (χ1v) is 10.1. The molecule has 2 aliphatic heterocycles. The molecular formula is C21H25F3N4. The van der Waals surface area contributed by atoms with Crippen LogP contribution >= 0.6 is 0 Å². The summed E-state index contributed by atoms with van der Waals surface area (Å²) in [7, 11) is 0. The van der Waals surface area contributed by atoms with Crippen LogP contribution in [0, 0.1) is 11.8 Å². The number of alkyl halides is 3. The van der Waals surface area contributed by atoms with Crippen LogP contribution in [-0.2, 0) is 25.7 Å². The zero-order valence-electron chi connectivity index (χ0n) is 15.7. The molecule has 5 rings (SSSR count). The summed E-state index contributed by atoms with van der Waals surface area (Å²) < 4.78 is 40.1. The van der Waals surface area contributed by atoms with E-state index in [1.165, 1.54) is 23.4 Å². The van der Waals surface area contributed by atoms with Gasteiger partial charge in [-0.25, -0.2) is 0 Å². The molecule has 0 unspecified atom stereocenters. The number of hydrogen-bond donors (Lipinski definition) is 2. The van der Waals surface area contributed by atoms with Crippen LogP contribution in [0.1, 0.15) is 46.8 Å². The number of halogens is 3. The smallest absolute Gasteiger partial charge is 0.311 e. The van der Waals surface area contributed by atoms with Gasteiger partial charge in [-0.2, -0.15) is 18.3 Å². The van der Waals surface area contributed by atoms with Crippen molar-refractivity contribution in [3.05, 3.63) is 52.3 Å². The third kappa shape index (κ3) is 3.24. The van der Waals surface area contributed by atoms with Crippen molar-refractivity contribution in [3.8, 4) is 0 Å². The minimum Gasteiger partial charge on any atom is -0.311 e. The van der Waals surface area contributed by atoms with Crippen LogP contribution in [0.25, 0.3) is 0 Å². The maximum atomic E-state index is 13.4. The Balaban J connectivity index is 1.26. The van der Waals surface area contributed by atoms with Crippen LogP contribution in [-0.4, -0.2) is 34.7 Å². The molecule has 2 aromatic rings. The minimum absolute atomic E-state index is 0.0270. The predicted octanol–water partition coefficient (Wildman–Crippen LogP) is 3.70. The topological polar surface area (TPSA) is 44.0 Å². The molecule has 1 aromatic heterocycles. The van der Waals surface area contributed by atoms with E-state index in [9.17, 15) is 13.2 Å². The van der Waals surface area contributed by atoms with Crippen molar-refractivity contribution in [2.24, 2.45) is 11.8 Å². The van der Waals surface area contributed by atoms with Crippen LogP contribution in [0.2, 0.25) is 0 Å². The van der Waals surface area contributed by atoms with Gasteiger partial charge in [0.2, 0.25) is 0 Å². The van der Waals surface area contributed by atoms with Gasteiger partial charge in [0.05, 0.1) is 17.0 Å². The fourth-order valence-electron chi connectivity index (χ4n) is 5.55. The second-order valence-corrected chi connectivity index (χ2v) is 8.52. The highest BCUT2D eigenvalue weighted by atomic mass is 19.4. The molecule has 150 valence electrons. The van der Waals surface area contributed by atoms with Crippen LogP contribution in [0.3, 0.4) is 0 Å². The highest BCUT2D eigenvalue weighted by molar-refractivity contribution is 5.34. The van der Waals surface area contributed by atoms with E-state index in [2.05, 4.69) is 20.4 Å². The first kappa shape index (κ1) is 18.2. The Labute approximate surface area is 162 Å². The second-order valence-electron chi connectivity index (χ2n) is 8.52. The summed E-state index contributed by atoms with van der Waals surface area (Å²) >= 11 is 0. The number of aromatic amines is 1. The lowest BCUT2D eigenvalue weighted by molar-refractivity contribution is -0.138. The summed E-state index contributed by atoms with van der Waals surface area (Å²) in [5.41, 5.74) is 3.74. The average Bonchev–Trinajstić information content (AvgIpc) is 3.35. The Hall–Kier alpha value is -1.86. The van der Waals surface area contributed by atoms with Crippen LogP contribution in [0.15, 0.2) is 24.3 Å². The number of nitrogens with zero attached hydrogens (tertiary/aromatic N) is 2. The van der Waals surface area contributed by atoms with Gasteiger partial charge in [0, 0.05) is 31.7 Å². The van der Waals surface area contributed by atoms with E-state index in [0.717, 1.165) is 57.7 Å². The number of hydrogen-bond acceptors (Lipinski definition) is 3. The molecule has 0 radical (unpaired) electrons. The summed E-state index contributed by atoms with van der Waals surface area (Å²) in [6, 6.07) is 6.13. The first-order valence-electron chi connectivity index (χ1n) is 10.1. The summed E-state index contributed by atoms with van der Waals surface area (Å²) in [5.74, 6) is 1.00. The number of benzene rings is 1. The van der Waals surface area contributed by atoms with Gasteiger partial charge in [-0.15, -0.1) is 0 Å². The predicted molar refractivity (Wildman–Crippen MR) is 99.7 cm³/mol. The van der Waals surface area contributed by atoms with Crippen molar-refractivity contribution in [1.82, 2.24) is 20.4 Å². The Morgan fingerprint density at radius 1 is 1.11 bits per heavy atom. The summed E-state index contributed by atoms with van der Waals surface area (Å²) in [5, 5.41) is 11.0. The van der Waals surface area contributed by atoms with Gasteiger partial charge >= 0.3 is 6.18 Å². The van der Waals surface area contributed by atoms with Crippen molar-refractivity contribution in [2.75, 3.05) is 19.6 Å². The molecule has 2 N–H and O–H groups in total. The molecule has 1 aliphatic carbocycles. The van der Waals surface area contributed by atoms with Gasteiger partial charge < -0.3 is 5.32 Å². The standard InChI is InChI=1S/C21H25F3N4/c22-21(23,24)18-4-2-1-3-16(18)13-7-14-10-28(11-15(14)8-13)12-20-17-5-6-25-9-19(17)26-27-20/h1-4,13-15,25H,5-12H2,(H,26,27)/t13-,14-,15+. The highest BCUT2D eigenvalue weighted by Crippen LogP contribution is 2.49. The number of H-pyrrole nitrogens is 1. The molecule has 1 aromatic carbocycles. The van der Waals surface area contributed by atoms with Gasteiger partial charge in [-0.3, -0.25) is 10.00 Å². The van der Waals surface area contributed by atoms with Crippen LogP contribution in [0.4, 0.5) is 13.2 Å². The molecule has 28 heavy (non-hydrogen) atoms. The Bertz CT molecular complexity index is 846. The van der Waals surface area contributed by atoms with E-state index in [1.54, 1.807) is 12.1 Å². The van der Waals surface area contributed by atoms with Gasteiger partial charge in [-0.1, -0.05) is 18.2 Å². The third-order valence-corrected chi connectivity index (χ3v) is 6.80. The molecule has 0 amide bonds. The lowest BCUT2D eigenvalue weighted by atomic mass is 9.91. The zero-order valence-corrected chi connectivity index (χ0v) is 15.7. The van der Waals surface area contributed by atoms with E-state index in [1.807, 2.05) is 0 Å². The van der Waals surface area contributed by atoms with Crippen LogP contribution in [0.5, 0.6) is 0 Å². The number of fused-ring (bicyclic) bond motifs is 2. The monoisotopic (exact) mass is 390 g/mol. The highest BCUT2D eigenvalue weighted by Gasteiger charge is 2.44. The van der Waals surface area contributed by atoms with Crippen molar-refractivity contribution < 1.29 is 13.2 Å². The normalized spacial score (nSPS) is 27.8. The molecule has 3 atom stereocenters. The van der Waals surface area contributed by atoms with Gasteiger partial charge in [-0.05, 0) is 55.2 Å². The molecule has 2 fully saturated rings. The lowest BCUT2D eigenvalue weighted by Crippen LogP contribution is -2.26. The van der Waals surface area contributed by atoms with Crippen LogP contribution < -0.4 is 5.32 Å². The van der Waals surface area contributed by atoms with E-state index >= 15 is 0 Å². The Kier molecular flexibility index (Phi) is 4.47. The van der Waals surface area contributed by atoms with Gasteiger partial charge in [0.15, 0.2) is 0 Å². The Morgan fingerprint density at radius 2 is 1.86 bits per heavy atom. The largest absolute Gasteiger partial charge is 0.416 e. The van der Waals surface area contributed by atoms with E-state index in [-0.39, 0.29) is 5.92 Å². The molecule has 3 aliphatic rings. The van der Waals surface area contributed by atoms with Crippen molar-refractivity contribution in [3.63, 3.8) is 0 Å². The van der Waals surface area contributed by atoms with Gasteiger partial charge in [0.1, 0.15) is 0 Å². The van der Waals surface area contributed by atoms with E-state index in [0.29, 0.717) is 17.4 Å². The number of aromatic nitrogens is 2. The molecule has 0 spiro atoms. The number of nitrogens with one attached hydrogen (secondary N) is 2. The number of likely N-dealkylation sites (tertiary alicyclic amines) is 1. The zero-order chi connectivity index (χ0) is 19.3. The maximum absolute atomic E-state index is 13.4. The Morgan fingerprint density at radius 3 is 2.61 bits per heavy atom. The molecule has 4 nitrogen and oxygen atoms in total. The fraction of sp³-hybridized carbons (Fsp3) is 0.571. The first-order chi connectivity index (χ1) is 13.5. The van der Waals surface area contributed by atoms with Crippen molar-refractivity contribution in [2.45, 2.75) is 44.4 Å². The summed E-state index contributed by atoms with van der Waals surface area (Å²) in [4.78, 5) is 2.44. The molecule has 7 heteroatoms. The van der Waals surface area contributed by atoms with Crippen molar-refractivity contribution >= 4 is 0 Å². The quantitative estimate of drug-likeness (QED) is 0.840. The molecule has 3 heterocycles. The van der Waals surface area contributed by atoms with Gasteiger partial charge in [0.25, 0.3) is 0 Å². The van der Waals surface area contributed by atoms with Crippen molar-refractivity contribution in [1.29, 1.82) is 0 Å². The lowest BCUT2D eigenvalue weighted by Gasteiger charge is -2.21. The third-order valence-electron chi connectivity index (χ3n) is 6.80. The summed E-state index contributed by atoms with van der Waals surface area (Å²) in [6.07, 6.45) is -1.54. The molecule has 1 saturated heterocycles. The molecule has 0 bridgehead atoms. The maximum Gasteiger partial charge on any atom is 0.416 e. The van der Waals surface area contributed by atoms with E-state index < -0.39 is 11.7 Å². The molecular weight excluding hydrogens is 365 g/mol. The number of rotatable bonds is 3. The SMILES string of the molecule is FC(F)(F)c1ccccc1[C@@H]1C[C@@H]2CN(Cc3n[nH]c4c3CCNC4)C[C@@H]2C1. The fourth-order valence-corrected chi connectivity index (χ4v) is 5.55.